The average molecular weight is 486 g/mol. The van der Waals surface area contributed by atoms with E-state index in [2.05, 4.69) is 36.9 Å². The quantitative estimate of drug-likeness (QED) is 0.318. The van der Waals surface area contributed by atoms with Crippen LogP contribution >= 0.6 is 11.8 Å². The minimum absolute atomic E-state index is 0.115. The summed E-state index contributed by atoms with van der Waals surface area (Å²) in [5, 5.41) is 7.99. The van der Waals surface area contributed by atoms with Crippen molar-refractivity contribution in [2.75, 3.05) is 11.1 Å². The van der Waals surface area contributed by atoms with Crippen molar-refractivity contribution in [3.8, 4) is 11.3 Å². The van der Waals surface area contributed by atoms with E-state index < -0.39 is 0 Å². The van der Waals surface area contributed by atoms with Crippen molar-refractivity contribution in [2.45, 2.75) is 44.3 Å². The third-order valence-electron chi connectivity index (χ3n) is 6.21. The maximum atomic E-state index is 13.9. The van der Waals surface area contributed by atoms with Crippen LogP contribution in [0.25, 0.3) is 17.0 Å². The lowest BCUT2D eigenvalue weighted by molar-refractivity contribution is -0.113. The zero-order chi connectivity index (χ0) is 24.7. The van der Waals surface area contributed by atoms with Crippen molar-refractivity contribution in [3.05, 3.63) is 88.2 Å². The lowest BCUT2D eigenvalue weighted by Crippen LogP contribution is -2.36. The molecule has 2 aromatic carbocycles. The number of hydrogen-bond donors (Lipinski definition) is 1. The minimum Gasteiger partial charge on any atom is -0.325 e. The van der Waals surface area contributed by atoms with Gasteiger partial charge in [0.2, 0.25) is 11.7 Å². The molecule has 2 heterocycles. The van der Waals surface area contributed by atoms with Crippen LogP contribution in [0.3, 0.4) is 0 Å². The van der Waals surface area contributed by atoms with Crippen molar-refractivity contribution in [2.24, 2.45) is 0 Å². The highest BCUT2D eigenvalue weighted by atomic mass is 32.2. The van der Waals surface area contributed by atoms with Crippen molar-refractivity contribution < 1.29 is 4.79 Å². The number of carbonyl (C=O) groups excluding carboxylic acids is 1. The first kappa shape index (κ1) is 23.1. The molecule has 4 aromatic rings. The molecule has 2 aromatic heterocycles. The van der Waals surface area contributed by atoms with Crippen molar-refractivity contribution in [3.63, 3.8) is 0 Å². The first-order valence-corrected chi connectivity index (χ1v) is 12.5. The van der Waals surface area contributed by atoms with Crippen LogP contribution in [0.15, 0.2) is 71.1 Å². The van der Waals surface area contributed by atoms with E-state index in [0.29, 0.717) is 28.7 Å². The summed E-state index contributed by atoms with van der Waals surface area (Å²) in [6.45, 7) is 10.3. The first-order chi connectivity index (χ1) is 16.8. The van der Waals surface area contributed by atoms with Crippen LogP contribution < -0.4 is 10.9 Å². The van der Waals surface area contributed by atoms with Gasteiger partial charge in [0.15, 0.2) is 5.16 Å². The SMILES string of the molecule is C=CCn1nc(SCC(=O)Nc2cccc(C)c2)n2c(=O)c3c(nc12)-c1ccccc1CC3(C)C. The molecule has 0 spiro atoms. The van der Waals surface area contributed by atoms with Crippen molar-refractivity contribution >= 4 is 29.1 Å². The minimum atomic E-state index is -0.389. The van der Waals surface area contributed by atoms with Gasteiger partial charge in [0.05, 0.1) is 23.6 Å². The Hall–Kier alpha value is -3.65. The highest BCUT2D eigenvalue weighted by Crippen LogP contribution is 2.40. The molecule has 35 heavy (non-hydrogen) atoms. The molecule has 1 amide bonds. The van der Waals surface area contributed by atoms with Gasteiger partial charge >= 0.3 is 0 Å². The molecule has 0 fully saturated rings. The Morgan fingerprint density at radius 2 is 2.03 bits per heavy atom. The summed E-state index contributed by atoms with van der Waals surface area (Å²) >= 11 is 1.22. The van der Waals surface area contributed by atoms with Crippen LogP contribution in [-0.2, 0) is 23.2 Å². The Morgan fingerprint density at radius 1 is 1.23 bits per heavy atom. The van der Waals surface area contributed by atoms with Crippen molar-refractivity contribution in [1.29, 1.82) is 0 Å². The van der Waals surface area contributed by atoms with E-state index >= 15 is 0 Å². The van der Waals surface area contributed by atoms with Gasteiger partial charge in [0.25, 0.3) is 5.56 Å². The number of carbonyl (C=O) groups is 1. The molecule has 5 rings (SSSR count). The molecule has 8 heteroatoms. The highest BCUT2D eigenvalue weighted by Gasteiger charge is 2.36. The molecule has 0 saturated heterocycles. The van der Waals surface area contributed by atoms with Crippen LogP contribution in [0.5, 0.6) is 0 Å². The number of aromatic nitrogens is 4. The lowest BCUT2D eigenvalue weighted by atomic mass is 9.72. The van der Waals surface area contributed by atoms with Gasteiger partial charge < -0.3 is 5.32 Å². The number of nitrogens with zero attached hydrogens (tertiary/aromatic N) is 4. The molecule has 1 N–H and O–H groups in total. The summed E-state index contributed by atoms with van der Waals surface area (Å²) in [5.74, 6) is 0.396. The fourth-order valence-corrected chi connectivity index (χ4v) is 5.49. The average Bonchev–Trinajstić information content (AvgIpc) is 3.15. The van der Waals surface area contributed by atoms with E-state index in [1.165, 1.54) is 17.3 Å². The number of hydrogen-bond acceptors (Lipinski definition) is 5. The summed E-state index contributed by atoms with van der Waals surface area (Å²) in [5.41, 5.74) is 4.83. The molecular weight excluding hydrogens is 458 g/mol. The molecule has 178 valence electrons. The molecule has 0 saturated carbocycles. The molecule has 1 aliphatic carbocycles. The third-order valence-corrected chi connectivity index (χ3v) is 7.14. The number of fused-ring (bicyclic) bond motifs is 4. The predicted octanol–water partition coefficient (Wildman–Crippen LogP) is 4.62. The number of aryl methyl sites for hydroxylation is 1. The second-order valence-electron chi connectivity index (χ2n) is 9.45. The van der Waals surface area contributed by atoms with Gasteiger partial charge in [-0.25, -0.2) is 14.1 Å². The van der Waals surface area contributed by atoms with Crippen LogP contribution in [0.1, 0.15) is 30.5 Å². The van der Waals surface area contributed by atoms with Crippen molar-refractivity contribution in [1.82, 2.24) is 19.2 Å². The Kier molecular flexibility index (Phi) is 5.84. The number of allylic oxidation sites excluding steroid dienone is 1. The monoisotopic (exact) mass is 485 g/mol. The molecule has 0 bridgehead atoms. The Morgan fingerprint density at radius 3 is 2.80 bits per heavy atom. The largest absolute Gasteiger partial charge is 0.325 e. The second-order valence-corrected chi connectivity index (χ2v) is 10.4. The Labute approximate surface area is 207 Å². The normalized spacial score (nSPS) is 13.8. The fraction of sp³-hybridized carbons (Fsp3) is 0.259. The smallest absolute Gasteiger partial charge is 0.265 e. The zero-order valence-corrected chi connectivity index (χ0v) is 20.9. The standard InChI is InChI=1S/C27H27N5O2S/c1-5-13-31-25-29-23-20-12-7-6-10-18(20)15-27(3,4)22(23)24(34)32(25)26(30-31)35-16-21(33)28-19-11-8-9-17(2)14-19/h5-12,14H,1,13,15-16H2,2-4H3,(H,28,33). The van der Waals surface area contributed by atoms with E-state index in [4.69, 9.17) is 4.98 Å². The summed E-state index contributed by atoms with van der Waals surface area (Å²) in [6.07, 6.45) is 2.47. The van der Waals surface area contributed by atoms with E-state index in [9.17, 15) is 9.59 Å². The van der Waals surface area contributed by atoms with Gasteiger partial charge in [-0.2, -0.15) is 0 Å². The van der Waals surface area contributed by atoms with Gasteiger partial charge in [0.1, 0.15) is 0 Å². The second kappa shape index (κ2) is 8.85. The number of amides is 1. The molecule has 0 radical (unpaired) electrons. The highest BCUT2D eigenvalue weighted by molar-refractivity contribution is 7.99. The Balaban J connectivity index is 1.57. The number of nitrogens with one attached hydrogen (secondary N) is 1. The van der Waals surface area contributed by atoms with Crippen LogP contribution in [0.2, 0.25) is 0 Å². The topological polar surface area (TPSA) is 81.3 Å². The zero-order valence-electron chi connectivity index (χ0n) is 20.0. The van der Waals surface area contributed by atoms with Gasteiger partial charge in [-0.15, -0.1) is 11.7 Å². The molecule has 0 unspecified atom stereocenters. The van der Waals surface area contributed by atoms with Crippen LogP contribution in [0, 0.1) is 6.92 Å². The maximum absolute atomic E-state index is 13.9. The van der Waals surface area contributed by atoms with Gasteiger partial charge in [-0.3, -0.25) is 9.59 Å². The number of rotatable bonds is 6. The first-order valence-electron chi connectivity index (χ1n) is 11.5. The van der Waals surface area contributed by atoms with Crippen LogP contribution in [0.4, 0.5) is 5.69 Å². The van der Waals surface area contributed by atoms with E-state index in [1.807, 2.05) is 49.4 Å². The number of anilines is 1. The molecule has 0 atom stereocenters. The third kappa shape index (κ3) is 4.18. The van der Waals surface area contributed by atoms with Crippen LogP contribution in [-0.4, -0.2) is 30.8 Å². The molecule has 0 aliphatic heterocycles. The lowest BCUT2D eigenvalue weighted by Gasteiger charge is -2.32. The number of thioether (sulfide) groups is 1. The van der Waals surface area contributed by atoms with E-state index in [-0.39, 0.29) is 22.6 Å². The Bertz CT molecular complexity index is 1530. The van der Waals surface area contributed by atoms with E-state index in [1.54, 1.807) is 15.2 Å². The summed E-state index contributed by atoms with van der Waals surface area (Å²) in [4.78, 5) is 31.5. The molecule has 1 aliphatic rings. The van der Waals surface area contributed by atoms with Gasteiger partial charge in [-0.05, 0) is 36.6 Å². The predicted molar refractivity (Wildman–Crippen MR) is 140 cm³/mol. The maximum Gasteiger partial charge on any atom is 0.265 e. The molecule has 7 nitrogen and oxygen atoms in total. The van der Waals surface area contributed by atoms with Gasteiger partial charge in [0, 0.05) is 16.7 Å². The fourth-order valence-electron chi connectivity index (χ4n) is 4.71. The van der Waals surface area contributed by atoms with Gasteiger partial charge in [-0.1, -0.05) is 68.1 Å². The summed E-state index contributed by atoms with van der Waals surface area (Å²) < 4.78 is 3.21. The van der Waals surface area contributed by atoms with E-state index in [0.717, 1.165) is 23.2 Å². The molecular formula is C27H27N5O2S. The summed E-state index contributed by atoms with van der Waals surface area (Å²) in [7, 11) is 0. The summed E-state index contributed by atoms with van der Waals surface area (Å²) in [6, 6.07) is 15.7. The number of benzene rings is 2.